The van der Waals surface area contributed by atoms with Gasteiger partial charge >= 0.3 is 5.97 Å². The van der Waals surface area contributed by atoms with Crippen molar-refractivity contribution in [2.24, 2.45) is 0 Å². The van der Waals surface area contributed by atoms with Crippen molar-refractivity contribution in [3.8, 4) is 11.3 Å². The van der Waals surface area contributed by atoms with Crippen LogP contribution >= 0.6 is 15.9 Å². The van der Waals surface area contributed by atoms with Gasteiger partial charge in [-0.3, -0.25) is 4.79 Å². The number of carboxylic acids is 1. The zero-order valence-corrected chi connectivity index (χ0v) is 10.3. The predicted octanol–water partition coefficient (Wildman–Crippen LogP) is 1.93. The minimum absolute atomic E-state index is 0.204. The summed E-state index contributed by atoms with van der Waals surface area (Å²) in [4.78, 5) is 14.7. The van der Waals surface area contributed by atoms with Crippen LogP contribution in [0.25, 0.3) is 11.3 Å². The van der Waals surface area contributed by atoms with Gasteiger partial charge in [0.2, 0.25) is 0 Å². The Balaban J connectivity index is 2.36. The molecule has 6 heteroatoms. The van der Waals surface area contributed by atoms with Crippen molar-refractivity contribution in [2.45, 2.75) is 6.42 Å². The highest BCUT2D eigenvalue weighted by Gasteiger charge is 2.07. The summed E-state index contributed by atoms with van der Waals surface area (Å²) in [7, 11) is 0. The van der Waals surface area contributed by atoms with Crippen molar-refractivity contribution in [2.75, 3.05) is 0 Å². The summed E-state index contributed by atoms with van der Waals surface area (Å²) >= 11 is 3.36. The molecule has 2 rings (SSSR count). The predicted molar refractivity (Wildman–Crippen MR) is 64.3 cm³/mol. The second kappa shape index (κ2) is 5.01. The molecule has 0 saturated carbocycles. The van der Waals surface area contributed by atoms with E-state index in [1.165, 1.54) is 6.20 Å². The molecule has 1 N–H and O–H groups in total. The molecule has 1 heterocycles. The number of halogens is 1. The molecule has 1 aromatic carbocycles. The van der Waals surface area contributed by atoms with Crippen LogP contribution in [-0.4, -0.2) is 26.3 Å². The standard InChI is InChI=1S/C11H8BrN3O2/c12-8-3-1-2-7(4-8)9-6-13-15-10(14-9)5-11(16)17/h1-4,6H,5H2,(H,16,17). The molecule has 2 aromatic rings. The van der Waals surface area contributed by atoms with Crippen molar-refractivity contribution in [1.29, 1.82) is 0 Å². The topological polar surface area (TPSA) is 76.0 Å². The first-order valence-corrected chi connectivity index (χ1v) is 5.61. The lowest BCUT2D eigenvalue weighted by molar-refractivity contribution is -0.136. The molecule has 0 fully saturated rings. The third-order valence-corrected chi connectivity index (χ3v) is 2.53. The van der Waals surface area contributed by atoms with Crippen molar-refractivity contribution in [3.63, 3.8) is 0 Å². The SMILES string of the molecule is O=C(O)Cc1nncc(-c2cccc(Br)c2)n1. The quantitative estimate of drug-likeness (QED) is 0.936. The highest BCUT2D eigenvalue weighted by Crippen LogP contribution is 2.20. The van der Waals surface area contributed by atoms with Gasteiger partial charge in [-0.2, -0.15) is 5.10 Å². The number of aromatic nitrogens is 3. The lowest BCUT2D eigenvalue weighted by Gasteiger charge is -2.02. The second-order valence-corrected chi connectivity index (χ2v) is 4.25. The van der Waals surface area contributed by atoms with E-state index in [9.17, 15) is 4.79 Å². The third-order valence-electron chi connectivity index (χ3n) is 2.03. The molecule has 0 radical (unpaired) electrons. The smallest absolute Gasteiger partial charge is 0.311 e. The Morgan fingerprint density at radius 2 is 2.24 bits per heavy atom. The zero-order valence-electron chi connectivity index (χ0n) is 8.67. The molecule has 5 nitrogen and oxygen atoms in total. The molecular formula is C11H8BrN3O2. The average molecular weight is 294 g/mol. The lowest BCUT2D eigenvalue weighted by Crippen LogP contribution is -2.06. The van der Waals surface area contributed by atoms with Crippen molar-refractivity contribution in [3.05, 3.63) is 40.8 Å². The van der Waals surface area contributed by atoms with Gasteiger partial charge in [-0.15, -0.1) is 5.10 Å². The van der Waals surface area contributed by atoms with Gasteiger partial charge in [0.25, 0.3) is 0 Å². The number of hydrogen-bond acceptors (Lipinski definition) is 4. The van der Waals surface area contributed by atoms with Crippen LogP contribution in [0.15, 0.2) is 34.9 Å². The minimum Gasteiger partial charge on any atom is -0.481 e. The fourth-order valence-electron chi connectivity index (χ4n) is 1.34. The number of carboxylic acid groups (broad SMARTS) is 1. The number of carbonyl (C=O) groups is 1. The van der Waals surface area contributed by atoms with E-state index in [1.54, 1.807) is 0 Å². The molecule has 0 bridgehead atoms. The number of rotatable bonds is 3. The maximum Gasteiger partial charge on any atom is 0.311 e. The summed E-state index contributed by atoms with van der Waals surface area (Å²) < 4.78 is 0.924. The first-order chi connectivity index (χ1) is 8.15. The molecule has 0 aliphatic rings. The molecule has 1 aromatic heterocycles. The summed E-state index contributed by atoms with van der Waals surface area (Å²) in [5.41, 5.74) is 1.47. The van der Waals surface area contributed by atoms with Gasteiger partial charge in [0.15, 0.2) is 5.82 Å². The van der Waals surface area contributed by atoms with Gasteiger partial charge in [-0.05, 0) is 12.1 Å². The Labute approximate surface area is 106 Å². The highest BCUT2D eigenvalue weighted by atomic mass is 79.9. The van der Waals surface area contributed by atoms with Gasteiger partial charge in [-0.25, -0.2) is 4.98 Å². The number of benzene rings is 1. The second-order valence-electron chi connectivity index (χ2n) is 3.34. The first-order valence-electron chi connectivity index (χ1n) is 4.81. The van der Waals surface area contributed by atoms with Crippen molar-refractivity contribution in [1.82, 2.24) is 15.2 Å². The van der Waals surface area contributed by atoms with E-state index in [-0.39, 0.29) is 12.2 Å². The van der Waals surface area contributed by atoms with E-state index in [0.717, 1.165) is 10.0 Å². The first kappa shape index (κ1) is 11.7. The third kappa shape index (κ3) is 3.07. The number of nitrogens with zero attached hydrogens (tertiary/aromatic N) is 3. The molecule has 86 valence electrons. The molecule has 17 heavy (non-hydrogen) atoms. The number of hydrogen-bond donors (Lipinski definition) is 1. The summed E-state index contributed by atoms with van der Waals surface area (Å²) in [5.74, 6) is -0.770. The number of aliphatic carboxylic acids is 1. The normalized spacial score (nSPS) is 10.2. The van der Waals surface area contributed by atoms with Crippen LogP contribution in [0, 0.1) is 0 Å². The van der Waals surface area contributed by atoms with Crippen LogP contribution in [0.4, 0.5) is 0 Å². The Hall–Kier alpha value is -1.82. The monoisotopic (exact) mass is 293 g/mol. The van der Waals surface area contributed by atoms with Crippen molar-refractivity contribution >= 4 is 21.9 Å². The fourth-order valence-corrected chi connectivity index (χ4v) is 1.74. The Morgan fingerprint density at radius 1 is 1.41 bits per heavy atom. The van der Waals surface area contributed by atoms with E-state index < -0.39 is 5.97 Å². The van der Waals surface area contributed by atoms with Gasteiger partial charge < -0.3 is 5.11 Å². The molecule has 0 atom stereocenters. The van der Waals surface area contributed by atoms with Gasteiger partial charge in [0.05, 0.1) is 11.9 Å². The van der Waals surface area contributed by atoms with Crippen LogP contribution in [0.2, 0.25) is 0 Å². The minimum atomic E-state index is -0.974. The highest BCUT2D eigenvalue weighted by molar-refractivity contribution is 9.10. The average Bonchev–Trinajstić information content (AvgIpc) is 2.28. The van der Waals surface area contributed by atoms with Crippen molar-refractivity contribution < 1.29 is 9.90 Å². The molecule has 0 aliphatic heterocycles. The van der Waals surface area contributed by atoms with Crippen LogP contribution < -0.4 is 0 Å². The van der Waals surface area contributed by atoms with E-state index in [4.69, 9.17) is 5.11 Å². The maximum atomic E-state index is 10.6. The molecule has 0 aliphatic carbocycles. The molecule has 0 saturated heterocycles. The Morgan fingerprint density at radius 3 is 2.94 bits per heavy atom. The van der Waals surface area contributed by atoms with Crippen LogP contribution in [0.3, 0.4) is 0 Å². The summed E-state index contributed by atoms with van der Waals surface area (Å²) in [6, 6.07) is 7.53. The van der Waals surface area contributed by atoms with Gasteiger partial charge in [0, 0.05) is 10.0 Å². The largest absolute Gasteiger partial charge is 0.481 e. The van der Waals surface area contributed by atoms with E-state index >= 15 is 0 Å². The zero-order chi connectivity index (χ0) is 12.3. The van der Waals surface area contributed by atoms with Crippen LogP contribution in [-0.2, 0) is 11.2 Å². The Bertz CT molecular complexity index is 560. The van der Waals surface area contributed by atoms with Gasteiger partial charge in [-0.1, -0.05) is 28.1 Å². The van der Waals surface area contributed by atoms with E-state index in [0.29, 0.717) is 5.69 Å². The molecule has 0 unspecified atom stereocenters. The Kier molecular flexibility index (Phi) is 3.43. The summed E-state index contributed by atoms with van der Waals surface area (Å²) in [6.45, 7) is 0. The summed E-state index contributed by atoms with van der Waals surface area (Å²) in [5, 5.41) is 16.1. The summed E-state index contributed by atoms with van der Waals surface area (Å²) in [6.07, 6.45) is 1.28. The van der Waals surface area contributed by atoms with E-state index in [2.05, 4.69) is 31.1 Å². The maximum absolute atomic E-state index is 10.6. The molecular weight excluding hydrogens is 286 g/mol. The van der Waals surface area contributed by atoms with Crippen LogP contribution in [0.5, 0.6) is 0 Å². The van der Waals surface area contributed by atoms with Gasteiger partial charge in [0.1, 0.15) is 6.42 Å². The van der Waals surface area contributed by atoms with Crippen LogP contribution in [0.1, 0.15) is 5.82 Å². The lowest BCUT2D eigenvalue weighted by atomic mass is 10.2. The molecule has 0 amide bonds. The fraction of sp³-hybridized carbons (Fsp3) is 0.0909. The van der Waals surface area contributed by atoms with E-state index in [1.807, 2.05) is 24.3 Å². The molecule has 0 spiro atoms.